The van der Waals surface area contributed by atoms with Crippen LogP contribution in [0.3, 0.4) is 0 Å². The molecule has 0 radical (unpaired) electrons. The van der Waals surface area contributed by atoms with Crippen LogP contribution in [0.5, 0.6) is 0 Å². The first-order chi connectivity index (χ1) is 10.7. The minimum absolute atomic E-state index is 0.00676. The second-order valence-electron chi connectivity index (χ2n) is 5.11. The Balaban J connectivity index is 2.08. The first kappa shape index (κ1) is 13.5. The third kappa shape index (κ3) is 2.13. The first-order valence-corrected chi connectivity index (χ1v) is 8.02. The summed E-state index contributed by atoms with van der Waals surface area (Å²) in [5.74, 6) is 0.609. The summed E-state index contributed by atoms with van der Waals surface area (Å²) in [6, 6.07) is 21.2. The van der Waals surface area contributed by atoms with Crippen molar-refractivity contribution in [3.63, 3.8) is 0 Å². The molecular formula is C19H11IO2. The summed E-state index contributed by atoms with van der Waals surface area (Å²) in [6.07, 6.45) is 0. The number of halogens is 1. The highest BCUT2D eigenvalue weighted by Gasteiger charge is 2.11. The molecule has 0 amide bonds. The fraction of sp³-hybridized carbons (Fsp3) is 0. The van der Waals surface area contributed by atoms with E-state index in [4.69, 9.17) is 4.42 Å². The van der Waals surface area contributed by atoms with Gasteiger partial charge in [-0.1, -0.05) is 48.5 Å². The van der Waals surface area contributed by atoms with Gasteiger partial charge < -0.3 is 4.42 Å². The van der Waals surface area contributed by atoms with Crippen molar-refractivity contribution in [3.8, 4) is 11.3 Å². The van der Waals surface area contributed by atoms with Gasteiger partial charge >= 0.3 is 0 Å². The van der Waals surface area contributed by atoms with Crippen molar-refractivity contribution in [3.05, 3.63) is 80.5 Å². The van der Waals surface area contributed by atoms with Gasteiger partial charge in [-0.3, -0.25) is 4.79 Å². The lowest BCUT2D eigenvalue weighted by Gasteiger charge is -2.07. The van der Waals surface area contributed by atoms with Crippen molar-refractivity contribution in [2.75, 3.05) is 0 Å². The molecule has 0 aliphatic rings. The maximum atomic E-state index is 12.6. The van der Waals surface area contributed by atoms with Crippen LogP contribution in [-0.4, -0.2) is 0 Å². The van der Waals surface area contributed by atoms with Crippen molar-refractivity contribution in [2.24, 2.45) is 0 Å². The quantitative estimate of drug-likeness (QED) is 0.325. The molecule has 0 bridgehead atoms. The second-order valence-corrected chi connectivity index (χ2v) is 6.28. The lowest BCUT2D eigenvalue weighted by atomic mass is 10.0. The zero-order chi connectivity index (χ0) is 15.1. The first-order valence-electron chi connectivity index (χ1n) is 6.94. The van der Waals surface area contributed by atoms with Gasteiger partial charge in [0.25, 0.3) is 0 Å². The van der Waals surface area contributed by atoms with E-state index in [0.717, 1.165) is 19.9 Å². The minimum Gasteiger partial charge on any atom is -0.456 e. The maximum absolute atomic E-state index is 12.6. The van der Waals surface area contributed by atoms with Gasteiger partial charge in [-0.15, -0.1) is 0 Å². The zero-order valence-corrected chi connectivity index (χ0v) is 13.7. The molecule has 0 saturated carbocycles. The van der Waals surface area contributed by atoms with Crippen molar-refractivity contribution >= 4 is 44.3 Å². The van der Waals surface area contributed by atoms with Crippen molar-refractivity contribution in [1.82, 2.24) is 0 Å². The average molecular weight is 398 g/mol. The molecule has 2 nitrogen and oxygen atoms in total. The molecule has 0 unspecified atom stereocenters. The fourth-order valence-electron chi connectivity index (χ4n) is 2.72. The van der Waals surface area contributed by atoms with E-state index in [1.165, 1.54) is 0 Å². The molecule has 0 aliphatic heterocycles. The van der Waals surface area contributed by atoms with Gasteiger partial charge in [0.15, 0.2) is 5.43 Å². The number of hydrogen-bond donors (Lipinski definition) is 0. The van der Waals surface area contributed by atoms with E-state index in [9.17, 15) is 4.79 Å². The third-order valence-electron chi connectivity index (χ3n) is 3.76. The van der Waals surface area contributed by atoms with E-state index in [0.29, 0.717) is 16.7 Å². The Labute approximate surface area is 140 Å². The summed E-state index contributed by atoms with van der Waals surface area (Å²) in [5.41, 5.74) is 1.56. The van der Waals surface area contributed by atoms with E-state index >= 15 is 0 Å². The molecule has 0 N–H and O–H groups in total. The Kier molecular flexibility index (Phi) is 3.22. The van der Waals surface area contributed by atoms with E-state index in [1.807, 2.05) is 60.7 Å². The number of benzene rings is 3. The molecule has 0 aliphatic carbocycles. The standard InChI is InChI=1S/C19H11IO2/c20-15-8-4-3-7-14(15)18-11-16(21)19-13-6-2-1-5-12(13)9-10-17(19)22-18/h1-11H. The van der Waals surface area contributed by atoms with Gasteiger partial charge in [0.05, 0.1) is 5.39 Å². The molecule has 3 heteroatoms. The molecule has 0 saturated heterocycles. The summed E-state index contributed by atoms with van der Waals surface area (Å²) in [6.45, 7) is 0. The summed E-state index contributed by atoms with van der Waals surface area (Å²) in [7, 11) is 0. The van der Waals surface area contributed by atoms with Crippen LogP contribution < -0.4 is 5.43 Å². The van der Waals surface area contributed by atoms with Crippen LogP contribution in [-0.2, 0) is 0 Å². The average Bonchev–Trinajstić information content (AvgIpc) is 2.54. The van der Waals surface area contributed by atoms with Crippen LogP contribution in [0, 0.1) is 3.57 Å². The van der Waals surface area contributed by atoms with Crippen molar-refractivity contribution in [2.45, 2.75) is 0 Å². The van der Waals surface area contributed by atoms with Gasteiger partial charge in [-0.05, 0) is 45.5 Å². The van der Waals surface area contributed by atoms with Crippen LogP contribution in [0.25, 0.3) is 33.1 Å². The molecule has 0 fully saturated rings. The molecular weight excluding hydrogens is 387 g/mol. The molecule has 4 aromatic rings. The number of rotatable bonds is 1. The second kappa shape index (κ2) is 5.25. The van der Waals surface area contributed by atoms with Crippen molar-refractivity contribution in [1.29, 1.82) is 0 Å². The van der Waals surface area contributed by atoms with Gasteiger partial charge in [-0.2, -0.15) is 0 Å². The normalized spacial score (nSPS) is 11.1. The highest BCUT2D eigenvalue weighted by atomic mass is 127. The van der Waals surface area contributed by atoms with Gasteiger partial charge in [0.2, 0.25) is 0 Å². The Morgan fingerprint density at radius 3 is 2.50 bits per heavy atom. The van der Waals surface area contributed by atoms with Crippen LogP contribution in [0.2, 0.25) is 0 Å². The molecule has 1 heterocycles. The van der Waals surface area contributed by atoms with E-state index in [1.54, 1.807) is 6.07 Å². The zero-order valence-electron chi connectivity index (χ0n) is 11.5. The number of hydrogen-bond acceptors (Lipinski definition) is 2. The predicted octanol–water partition coefficient (Wildman–Crippen LogP) is 5.22. The molecule has 0 atom stereocenters. The number of fused-ring (bicyclic) bond motifs is 3. The molecule has 0 spiro atoms. The van der Waals surface area contributed by atoms with Gasteiger partial charge in [0.1, 0.15) is 11.3 Å². The van der Waals surface area contributed by atoms with Crippen LogP contribution in [0.4, 0.5) is 0 Å². The smallest absolute Gasteiger partial charge is 0.193 e. The van der Waals surface area contributed by atoms with Gasteiger partial charge in [0, 0.05) is 15.2 Å². The van der Waals surface area contributed by atoms with Crippen LogP contribution >= 0.6 is 22.6 Å². The van der Waals surface area contributed by atoms with E-state index in [-0.39, 0.29) is 5.43 Å². The van der Waals surface area contributed by atoms with Crippen molar-refractivity contribution < 1.29 is 4.42 Å². The highest BCUT2D eigenvalue weighted by Crippen LogP contribution is 2.29. The molecule has 4 rings (SSSR count). The predicted molar refractivity (Wildman–Crippen MR) is 98.1 cm³/mol. The Bertz CT molecular complexity index is 1060. The summed E-state index contributed by atoms with van der Waals surface area (Å²) in [5, 5.41) is 2.63. The van der Waals surface area contributed by atoms with Gasteiger partial charge in [-0.25, -0.2) is 0 Å². The molecule has 3 aromatic carbocycles. The molecule has 106 valence electrons. The Morgan fingerprint density at radius 2 is 1.64 bits per heavy atom. The highest BCUT2D eigenvalue weighted by molar-refractivity contribution is 14.1. The Hall–Kier alpha value is -2.14. The SMILES string of the molecule is O=c1cc(-c2ccccc2I)oc2ccc3ccccc3c12. The van der Waals surface area contributed by atoms with Crippen LogP contribution in [0.15, 0.2) is 75.9 Å². The molecule has 1 aromatic heterocycles. The summed E-state index contributed by atoms with van der Waals surface area (Å²) < 4.78 is 7.07. The lowest BCUT2D eigenvalue weighted by molar-refractivity contribution is 0.619. The van der Waals surface area contributed by atoms with E-state index < -0.39 is 0 Å². The maximum Gasteiger partial charge on any atom is 0.193 e. The third-order valence-corrected chi connectivity index (χ3v) is 4.70. The summed E-state index contributed by atoms with van der Waals surface area (Å²) >= 11 is 2.25. The monoisotopic (exact) mass is 398 g/mol. The topological polar surface area (TPSA) is 30.2 Å². The minimum atomic E-state index is -0.00676. The molecule has 22 heavy (non-hydrogen) atoms. The van der Waals surface area contributed by atoms with Crippen LogP contribution in [0.1, 0.15) is 0 Å². The summed E-state index contributed by atoms with van der Waals surface area (Å²) in [4.78, 5) is 12.6. The Morgan fingerprint density at radius 1 is 0.864 bits per heavy atom. The largest absolute Gasteiger partial charge is 0.456 e. The lowest BCUT2D eigenvalue weighted by Crippen LogP contribution is -2.01. The van der Waals surface area contributed by atoms with E-state index in [2.05, 4.69) is 22.6 Å². The fourth-order valence-corrected chi connectivity index (χ4v) is 3.38.